The molecule has 1 heterocycles. The van der Waals surface area contributed by atoms with Gasteiger partial charge in [-0.3, -0.25) is 4.98 Å². The van der Waals surface area contributed by atoms with Crippen LogP contribution in [0, 0.1) is 5.82 Å². The molecule has 0 aliphatic rings. The van der Waals surface area contributed by atoms with E-state index in [0.29, 0.717) is 37.6 Å². The Kier molecular flexibility index (Phi) is 10.8. The molecule has 7 heteroatoms. The number of nitrogens with zero attached hydrogens (tertiary/aromatic N) is 2. The molecule has 0 atom stereocenters. The highest BCUT2D eigenvalue weighted by Crippen LogP contribution is 2.14. The first-order valence-corrected chi connectivity index (χ1v) is 10.1. The van der Waals surface area contributed by atoms with Gasteiger partial charge in [0.2, 0.25) is 0 Å². The molecule has 0 aliphatic heterocycles. The van der Waals surface area contributed by atoms with Crippen LogP contribution in [0.5, 0.6) is 5.75 Å². The molecule has 3 rings (SSSR count). The molecule has 0 unspecified atom stereocenters. The van der Waals surface area contributed by atoms with Crippen LogP contribution in [-0.4, -0.2) is 24.0 Å². The van der Waals surface area contributed by atoms with Crippen molar-refractivity contribution in [2.24, 2.45) is 4.99 Å². The van der Waals surface area contributed by atoms with Crippen molar-refractivity contribution >= 4 is 29.9 Å². The van der Waals surface area contributed by atoms with Gasteiger partial charge in [0, 0.05) is 19.3 Å². The zero-order chi connectivity index (χ0) is 21.0. The van der Waals surface area contributed by atoms with Crippen molar-refractivity contribution in [2.75, 3.05) is 13.1 Å². The molecule has 2 aromatic carbocycles. The molecular weight excluding hydrogens is 506 g/mol. The monoisotopic (exact) mass is 534 g/mol. The number of guanidine groups is 1. The van der Waals surface area contributed by atoms with Gasteiger partial charge in [0.1, 0.15) is 18.2 Å². The summed E-state index contributed by atoms with van der Waals surface area (Å²) in [5, 5.41) is 6.47. The first-order valence-electron chi connectivity index (χ1n) is 10.1. The Labute approximate surface area is 200 Å². The molecule has 1 aromatic heterocycles. The lowest BCUT2D eigenvalue weighted by atomic mass is 10.1. The van der Waals surface area contributed by atoms with Crippen molar-refractivity contribution in [1.82, 2.24) is 15.6 Å². The molecule has 0 amide bonds. The lowest BCUT2D eigenvalue weighted by Gasteiger charge is -2.12. The van der Waals surface area contributed by atoms with Crippen LogP contribution in [0.15, 0.2) is 77.9 Å². The Hall–Kier alpha value is -2.68. The van der Waals surface area contributed by atoms with Gasteiger partial charge in [-0.15, -0.1) is 24.0 Å². The summed E-state index contributed by atoms with van der Waals surface area (Å²) < 4.78 is 19.5. The van der Waals surface area contributed by atoms with Crippen LogP contribution in [0.4, 0.5) is 4.39 Å². The Bertz CT molecular complexity index is 936. The molecule has 31 heavy (non-hydrogen) atoms. The van der Waals surface area contributed by atoms with Gasteiger partial charge in [-0.2, -0.15) is 0 Å². The minimum Gasteiger partial charge on any atom is -0.487 e. The summed E-state index contributed by atoms with van der Waals surface area (Å²) in [5.41, 5.74) is 2.66. The first-order chi connectivity index (χ1) is 14.7. The second kappa shape index (κ2) is 13.6. The Morgan fingerprint density at radius 2 is 1.77 bits per heavy atom. The van der Waals surface area contributed by atoms with Crippen molar-refractivity contribution in [3.05, 3.63) is 95.6 Å². The quantitative estimate of drug-likeness (QED) is 0.237. The third kappa shape index (κ3) is 8.53. The van der Waals surface area contributed by atoms with E-state index in [1.165, 1.54) is 6.07 Å². The van der Waals surface area contributed by atoms with E-state index in [1.54, 1.807) is 18.3 Å². The average Bonchev–Trinajstić information content (AvgIpc) is 2.79. The standard InChI is InChI=1S/C24H27FN4O.HI/c1-2-26-24(28-16-14-20-7-3-4-9-23(20)25)29-17-19-10-12-22(13-11-19)30-18-21-8-5-6-15-27-21;/h3-13,15H,2,14,16-18H2,1H3,(H2,26,28,29);1H. The minimum absolute atomic E-state index is 0. The molecule has 2 N–H and O–H groups in total. The molecule has 0 bridgehead atoms. The maximum absolute atomic E-state index is 13.7. The topological polar surface area (TPSA) is 58.5 Å². The number of halogens is 2. The van der Waals surface area contributed by atoms with Gasteiger partial charge in [-0.1, -0.05) is 36.4 Å². The second-order valence-corrected chi connectivity index (χ2v) is 6.72. The van der Waals surface area contributed by atoms with Crippen molar-refractivity contribution in [2.45, 2.75) is 26.5 Å². The summed E-state index contributed by atoms with van der Waals surface area (Å²) in [6, 6.07) is 20.5. The van der Waals surface area contributed by atoms with Crippen LogP contribution in [0.2, 0.25) is 0 Å². The van der Waals surface area contributed by atoms with Crippen LogP contribution in [0.3, 0.4) is 0 Å². The third-order valence-electron chi connectivity index (χ3n) is 4.44. The van der Waals surface area contributed by atoms with Crippen molar-refractivity contribution in [3.8, 4) is 5.75 Å². The second-order valence-electron chi connectivity index (χ2n) is 6.72. The predicted octanol–water partition coefficient (Wildman–Crippen LogP) is 4.72. The zero-order valence-electron chi connectivity index (χ0n) is 17.6. The number of aliphatic imine (C=N–C) groups is 1. The van der Waals surface area contributed by atoms with Gasteiger partial charge in [0.25, 0.3) is 0 Å². The van der Waals surface area contributed by atoms with Crippen LogP contribution in [-0.2, 0) is 19.6 Å². The highest BCUT2D eigenvalue weighted by atomic mass is 127. The van der Waals surface area contributed by atoms with E-state index in [2.05, 4.69) is 20.6 Å². The molecule has 3 aromatic rings. The smallest absolute Gasteiger partial charge is 0.191 e. The van der Waals surface area contributed by atoms with Gasteiger partial charge in [0.05, 0.1) is 12.2 Å². The van der Waals surface area contributed by atoms with Crippen LogP contribution in [0.1, 0.15) is 23.7 Å². The lowest BCUT2D eigenvalue weighted by Crippen LogP contribution is -2.38. The summed E-state index contributed by atoms with van der Waals surface area (Å²) in [4.78, 5) is 8.86. The fourth-order valence-electron chi connectivity index (χ4n) is 2.86. The highest BCUT2D eigenvalue weighted by molar-refractivity contribution is 14.0. The summed E-state index contributed by atoms with van der Waals surface area (Å²) in [5.74, 6) is 1.33. The molecule has 0 fully saturated rings. The highest BCUT2D eigenvalue weighted by Gasteiger charge is 2.03. The van der Waals surface area contributed by atoms with Gasteiger partial charge in [-0.05, 0) is 54.8 Å². The number of nitrogens with one attached hydrogen (secondary N) is 2. The van der Waals surface area contributed by atoms with E-state index >= 15 is 0 Å². The Balaban J connectivity index is 0.00000341. The number of hydrogen-bond acceptors (Lipinski definition) is 3. The van der Waals surface area contributed by atoms with E-state index in [1.807, 2.05) is 55.5 Å². The van der Waals surface area contributed by atoms with Crippen LogP contribution in [0.25, 0.3) is 0 Å². The molecule has 0 aliphatic carbocycles. The summed E-state index contributed by atoms with van der Waals surface area (Å²) in [6.45, 7) is 4.35. The fraction of sp³-hybridized carbons (Fsp3) is 0.250. The number of ether oxygens (including phenoxy) is 1. The van der Waals surface area contributed by atoms with E-state index in [9.17, 15) is 4.39 Å². The van der Waals surface area contributed by atoms with Gasteiger partial charge in [0.15, 0.2) is 5.96 Å². The molecule has 5 nitrogen and oxygen atoms in total. The minimum atomic E-state index is -0.174. The number of pyridine rings is 1. The molecule has 0 saturated carbocycles. The van der Waals surface area contributed by atoms with Gasteiger partial charge < -0.3 is 15.4 Å². The summed E-state index contributed by atoms with van der Waals surface area (Å²) in [6.07, 6.45) is 2.35. The lowest BCUT2D eigenvalue weighted by molar-refractivity contribution is 0.301. The van der Waals surface area contributed by atoms with Crippen LogP contribution >= 0.6 is 24.0 Å². The molecule has 0 spiro atoms. The van der Waals surface area contributed by atoms with E-state index < -0.39 is 0 Å². The molecule has 0 saturated heterocycles. The van der Waals surface area contributed by atoms with Gasteiger partial charge in [-0.25, -0.2) is 9.38 Å². The van der Waals surface area contributed by atoms with E-state index in [0.717, 1.165) is 23.6 Å². The first kappa shape index (κ1) is 24.6. The third-order valence-corrected chi connectivity index (χ3v) is 4.44. The summed E-state index contributed by atoms with van der Waals surface area (Å²) >= 11 is 0. The van der Waals surface area contributed by atoms with Crippen molar-refractivity contribution in [1.29, 1.82) is 0 Å². The number of benzene rings is 2. The molecule has 164 valence electrons. The zero-order valence-corrected chi connectivity index (χ0v) is 19.9. The van der Waals surface area contributed by atoms with Crippen molar-refractivity contribution < 1.29 is 9.13 Å². The van der Waals surface area contributed by atoms with Crippen LogP contribution < -0.4 is 15.4 Å². The largest absolute Gasteiger partial charge is 0.487 e. The summed E-state index contributed by atoms with van der Waals surface area (Å²) in [7, 11) is 0. The number of rotatable bonds is 9. The fourth-order valence-corrected chi connectivity index (χ4v) is 2.86. The maximum Gasteiger partial charge on any atom is 0.191 e. The molecular formula is C24H28FIN4O. The predicted molar refractivity (Wildman–Crippen MR) is 133 cm³/mol. The normalized spacial score (nSPS) is 10.8. The maximum atomic E-state index is 13.7. The number of aromatic nitrogens is 1. The Morgan fingerprint density at radius 1 is 1.00 bits per heavy atom. The van der Waals surface area contributed by atoms with Crippen molar-refractivity contribution in [3.63, 3.8) is 0 Å². The SMILES string of the molecule is CCNC(=NCc1ccc(OCc2ccccn2)cc1)NCCc1ccccc1F.I. The Morgan fingerprint density at radius 3 is 2.48 bits per heavy atom. The number of hydrogen-bond donors (Lipinski definition) is 2. The molecule has 0 radical (unpaired) electrons. The average molecular weight is 534 g/mol. The van der Waals surface area contributed by atoms with E-state index in [4.69, 9.17) is 4.74 Å². The van der Waals surface area contributed by atoms with E-state index in [-0.39, 0.29) is 29.8 Å². The van der Waals surface area contributed by atoms with Gasteiger partial charge >= 0.3 is 0 Å².